The summed E-state index contributed by atoms with van der Waals surface area (Å²) in [6, 6.07) is 0. The predicted octanol–water partition coefficient (Wildman–Crippen LogP) is 5.35. The molecule has 0 bridgehead atoms. The standard InChI is InChI=1S/C17H34O2/c1-6-9-11-12-14-15(13-10-7-2)17(4,5)16(18)19-8-3/h15H,6-14H2,1-5H3. The molecule has 0 saturated heterocycles. The first kappa shape index (κ1) is 18.5. The molecule has 0 amide bonds. The topological polar surface area (TPSA) is 26.3 Å². The second-order valence-electron chi connectivity index (χ2n) is 6.13. The Labute approximate surface area is 120 Å². The van der Waals surface area contributed by atoms with E-state index in [0.717, 1.165) is 12.8 Å². The van der Waals surface area contributed by atoms with Crippen LogP contribution >= 0.6 is 0 Å². The van der Waals surface area contributed by atoms with E-state index < -0.39 is 0 Å². The van der Waals surface area contributed by atoms with E-state index in [0.29, 0.717) is 12.5 Å². The molecular formula is C17H34O2. The van der Waals surface area contributed by atoms with Gasteiger partial charge >= 0.3 is 5.97 Å². The number of rotatable bonds is 11. The average Bonchev–Trinajstić information content (AvgIpc) is 2.38. The van der Waals surface area contributed by atoms with E-state index in [9.17, 15) is 4.79 Å². The van der Waals surface area contributed by atoms with Crippen LogP contribution in [0, 0.1) is 11.3 Å². The van der Waals surface area contributed by atoms with E-state index in [4.69, 9.17) is 4.74 Å². The van der Waals surface area contributed by atoms with Gasteiger partial charge in [-0.25, -0.2) is 0 Å². The summed E-state index contributed by atoms with van der Waals surface area (Å²) in [6.07, 6.45) is 9.82. The van der Waals surface area contributed by atoms with Crippen LogP contribution in [-0.2, 0) is 9.53 Å². The number of ether oxygens (including phenoxy) is 1. The van der Waals surface area contributed by atoms with Gasteiger partial charge in [-0.1, -0.05) is 52.4 Å². The summed E-state index contributed by atoms with van der Waals surface area (Å²) < 4.78 is 5.26. The summed E-state index contributed by atoms with van der Waals surface area (Å²) in [5.41, 5.74) is -0.336. The van der Waals surface area contributed by atoms with E-state index in [2.05, 4.69) is 27.7 Å². The van der Waals surface area contributed by atoms with Crippen LogP contribution in [0.25, 0.3) is 0 Å². The van der Waals surface area contributed by atoms with E-state index >= 15 is 0 Å². The molecule has 0 aromatic heterocycles. The van der Waals surface area contributed by atoms with Gasteiger partial charge in [-0.3, -0.25) is 4.79 Å². The first-order valence-corrected chi connectivity index (χ1v) is 8.17. The molecule has 0 fully saturated rings. The number of unbranched alkanes of at least 4 members (excludes halogenated alkanes) is 4. The van der Waals surface area contributed by atoms with Crippen LogP contribution in [0.4, 0.5) is 0 Å². The van der Waals surface area contributed by atoms with Gasteiger partial charge in [0, 0.05) is 0 Å². The molecule has 2 heteroatoms. The van der Waals surface area contributed by atoms with Gasteiger partial charge in [0.1, 0.15) is 0 Å². The van der Waals surface area contributed by atoms with Crippen LogP contribution in [0.2, 0.25) is 0 Å². The fraction of sp³-hybridized carbons (Fsp3) is 0.941. The minimum absolute atomic E-state index is 0.0217. The SMILES string of the molecule is CCCCCCC(CCCC)C(C)(C)C(=O)OCC. The number of hydrogen-bond acceptors (Lipinski definition) is 2. The van der Waals surface area contributed by atoms with Gasteiger partial charge in [0.15, 0.2) is 0 Å². The number of hydrogen-bond donors (Lipinski definition) is 0. The Bertz CT molecular complexity index is 233. The van der Waals surface area contributed by atoms with E-state index in [1.807, 2.05) is 6.92 Å². The molecule has 0 aromatic rings. The summed E-state index contributed by atoms with van der Waals surface area (Å²) in [6.45, 7) is 10.9. The third-order valence-electron chi connectivity index (χ3n) is 4.13. The van der Waals surface area contributed by atoms with Crippen LogP contribution < -0.4 is 0 Å². The third kappa shape index (κ3) is 6.98. The molecule has 0 aliphatic rings. The van der Waals surface area contributed by atoms with Crippen LogP contribution in [0.3, 0.4) is 0 Å². The Hall–Kier alpha value is -0.530. The molecule has 1 atom stereocenters. The van der Waals surface area contributed by atoms with Crippen LogP contribution in [0.5, 0.6) is 0 Å². The highest BCUT2D eigenvalue weighted by Gasteiger charge is 2.37. The Kier molecular flexibility index (Phi) is 9.99. The van der Waals surface area contributed by atoms with Gasteiger partial charge < -0.3 is 4.74 Å². The zero-order chi connectivity index (χ0) is 14.7. The number of carbonyl (C=O) groups is 1. The second kappa shape index (κ2) is 10.3. The molecule has 0 heterocycles. The smallest absolute Gasteiger partial charge is 0.311 e. The zero-order valence-electron chi connectivity index (χ0n) is 13.8. The van der Waals surface area contributed by atoms with Gasteiger partial charge in [0.05, 0.1) is 12.0 Å². The summed E-state index contributed by atoms with van der Waals surface area (Å²) in [5.74, 6) is 0.440. The first-order valence-electron chi connectivity index (χ1n) is 8.17. The third-order valence-corrected chi connectivity index (χ3v) is 4.13. The predicted molar refractivity (Wildman–Crippen MR) is 82.2 cm³/mol. The largest absolute Gasteiger partial charge is 0.466 e. The Morgan fingerprint density at radius 1 is 0.947 bits per heavy atom. The molecule has 0 N–H and O–H groups in total. The van der Waals surface area contributed by atoms with Crippen molar-refractivity contribution in [2.45, 2.75) is 86.0 Å². The average molecular weight is 270 g/mol. The first-order chi connectivity index (χ1) is 9.00. The zero-order valence-corrected chi connectivity index (χ0v) is 13.8. The summed E-state index contributed by atoms with van der Waals surface area (Å²) in [4.78, 5) is 12.1. The highest BCUT2D eigenvalue weighted by molar-refractivity contribution is 5.76. The highest BCUT2D eigenvalue weighted by Crippen LogP contribution is 2.36. The van der Waals surface area contributed by atoms with Crippen molar-refractivity contribution >= 4 is 5.97 Å². The minimum atomic E-state index is -0.336. The van der Waals surface area contributed by atoms with E-state index in [1.54, 1.807) is 0 Å². The lowest BCUT2D eigenvalue weighted by Gasteiger charge is -2.32. The maximum absolute atomic E-state index is 12.1. The van der Waals surface area contributed by atoms with Gasteiger partial charge in [-0.2, -0.15) is 0 Å². The maximum Gasteiger partial charge on any atom is 0.311 e. The normalized spacial score (nSPS) is 13.3. The van der Waals surface area contributed by atoms with E-state index in [1.165, 1.54) is 38.5 Å². The number of carbonyl (C=O) groups excluding carboxylic acids is 1. The van der Waals surface area contributed by atoms with Crippen molar-refractivity contribution in [3.63, 3.8) is 0 Å². The van der Waals surface area contributed by atoms with Gasteiger partial charge in [-0.15, -0.1) is 0 Å². The van der Waals surface area contributed by atoms with Crippen LogP contribution in [0.15, 0.2) is 0 Å². The number of esters is 1. The molecule has 19 heavy (non-hydrogen) atoms. The summed E-state index contributed by atoms with van der Waals surface area (Å²) >= 11 is 0. The lowest BCUT2D eigenvalue weighted by atomic mass is 9.73. The maximum atomic E-state index is 12.1. The van der Waals surface area contributed by atoms with Gasteiger partial charge in [-0.05, 0) is 39.5 Å². The van der Waals surface area contributed by atoms with Crippen molar-refractivity contribution in [1.82, 2.24) is 0 Å². The quantitative estimate of drug-likeness (QED) is 0.373. The van der Waals surface area contributed by atoms with Crippen molar-refractivity contribution in [3.8, 4) is 0 Å². The van der Waals surface area contributed by atoms with Crippen LogP contribution in [-0.4, -0.2) is 12.6 Å². The second-order valence-corrected chi connectivity index (χ2v) is 6.13. The molecule has 0 aliphatic carbocycles. The fourth-order valence-electron chi connectivity index (χ4n) is 2.62. The van der Waals surface area contributed by atoms with E-state index in [-0.39, 0.29) is 11.4 Å². The molecule has 0 saturated carbocycles. The molecule has 0 rings (SSSR count). The molecule has 2 nitrogen and oxygen atoms in total. The lowest BCUT2D eigenvalue weighted by Crippen LogP contribution is -2.35. The summed E-state index contributed by atoms with van der Waals surface area (Å²) in [5, 5.41) is 0. The molecule has 0 radical (unpaired) electrons. The van der Waals surface area contributed by atoms with Gasteiger partial charge in [0.2, 0.25) is 0 Å². The fourth-order valence-corrected chi connectivity index (χ4v) is 2.62. The molecule has 114 valence electrons. The van der Waals surface area contributed by atoms with Crippen molar-refractivity contribution in [1.29, 1.82) is 0 Å². The molecule has 0 aromatic carbocycles. The molecular weight excluding hydrogens is 236 g/mol. The van der Waals surface area contributed by atoms with Crippen molar-refractivity contribution in [2.75, 3.05) is 6.61 Å². The Morgan fingerprint density at radius 3 is 2.05 bits per heavy atom. The molecule has 0 aliphatic heterocycles. The van der Waals surface area contributed by atoms with Crippen molar-refractivity contribution in [2.24, 2.45) is 11.3 Å². The highest BCUT2D eigenvalue weighted by atomic mass is 16.5. The lowest BCUT2D eigenvalue weighted by molar-refractivity contribution is -0.157. The van der Waals surface area contributed by atoms with Gasteiger partial charge in [0.25, 0.3) is 0 Å². The Morgan fingerprint density at radius 2 is 1.53 bits per heavy atom. The van der Waals surface area contributed by atoms with Crippen LogP contribution in [0.1, 0.15) is 86.0 Å². The summed E-state index contributed by atoms with van der Waals surface area (Å²) in [7, 11) is 0. The molecule has 1 unspecified atom stereocenters. The van der Waals surface area contributed by atoms with Crippen molar-refractivity contribution < 1.29 is 9.53 Å². The monoisotopic (exact) mass is 270 g/mol. The van der Waals surface area contributed by atoms with Crippen molar-refractivity contribution in [3.05, 3.63) is 0 Å². The molecule has 0 spiro atoms. The minimum Gasteiger partial charge on any atom is -0.466 e. The Balaban J connectivity index is 4.47.